The normalized spacial score (nSPS) is 11.1. The molecule has 8 nitrogen and oxygen atoms in total. The summed E-state index contributed by atoms with van der Waals surface area (Å²) in [5, 5.41) is 9.09. The van der Waals surface area contributed by atoms with Gasteiger partial charge in [0.05, 0.1) is 21.4 Å². The van der Waals surface area contributed by atoms with Crippen LogP contribution < -0.4 is 40.8 Å². The molecule has 0 amide bonds. The molecule has 2 aromatic carbocycles. The fourth-order valence-electron chi connectivity index (χ4n) is 2.27. The van der Waals surface area contributed by atoms with Crippen molar-refractivity contribution in [1.29, 1.82) is 0 Å². The molecule has 0 bridgehead atoms. The number of carboxylic acids is 1. The van der Waals surface area contributed by atoms with Crippen LogP contribution in [-0.4, -0.2) is 28.5 Å². The van der Waals surface area contributed by atoms with Gasteiger partial charge in [0.25, 0.3) is 15.6 Å². The Hall–Kier alpha value is -1.91. The molecule has 26 heavy (non-hydrogen) atoms. The summed E-state index contributed by atoms with van der Waals surface area (Å²) in [4.78, 5) is 37.4. The van der Waals surface area contributed by atoms with Crippen LogP contribution in [0.4, 0.5) is 0 Å². The van der Waals surface area contributed by atoms with Gasteiger partial charge in [-0.05, 0) is 42.5 Å². The molecule has 0 aliphatic carbocycles. The molecule has 130 valence electrons. The minimum atomic E-state index is -4.51. The Morgan fingerprint density at radius 3 is 2.31 bits per heavy atom. The Kier molecular flexibility index (Phi) is 5.79. The topological polar surface area (TPSA) is 126 Å². The van der Waals surface area contributed by atoms with Crippen LogP contribution >= 0.6 is 11.6 Å². The molecule has 1 heterocycles. The van der Waals surface area contributed by atoms with Crippen molar-refractivity contribution in [2.75, 3.05) is 0 Å². The van der Waals surface area contributed by atoms with Crippen molar-refractivity contribution < 1.29 is 49.3 Å². The number of rotatable bonds is 3. The van der Waals surface area contributed by atoms with Crippen molar-refractivity contribution in [3.8, 4) is 0 Å². The molecule has 0 fully saturated rings. The maximum Gasteiger partial charge on any atom is 1.00 e. The predicted octanol–water partition coefficient (Wildman–Crippen LogP) is -1.61. The summed E-state index contributed by atoms with van der Waals surface area (Å²) in [5.74, 6) is -1.23. The van der Waals surface area contributed by atoms with Gasteiger partial charge in [-0.25, -0.2) is 18.0 Å². The van der Waals surface area contributed by atoms with Crippen LogP contribution in [0.15, 0.2) is 56.9 Å². The fourth-order valence-corrected chi connectivity index (χ4v) is 3.71. The number of benzene rings is 2. The molecular formula is C15H10ClN2NaO6S. The summed E-state index contributed by atoms with van der Waals surface area (Å²) in [6, 6.07) is 8.17. The second kappa shape index (κ2) is 7.37. The first-order valence-electron chi connectivity index (χ1n) is 6.75. The van der Waals surface area contributed by atoms with Crippen molar-refractivity contribution >= 4 is 38.5 Å². The number of H-pyrrole nitrogens is 1. The van der Waals surface area contributed by atoms with Crippen LogP contribution in [0, 0.1) is 0 Å². The van der Waals surface area contributed by atoms with Gasteiger partial charge in [-0.1, -0.05) is 11.6 Å². The average Bonchev–Trinajstić information content (AvgIpc) is 2.54. The molecule has 0 saturated heterocycles. The molecule has 0 aliphatic rings. The van der Waals surface area contributed by atoms with Gasteiger partial charge in [0, 0.05) is 5.02 Å². The number of hydrogen-bond acceptors (Lipinski definition) is 5. The molecule has 3 aromatic rings. The molecule has 0 saturated carbocycles. The molecule has 0 atom stereocenters. The van der Waals surface area contributed by atoms with E-state index in [2.05, 4.69) is 4.98 Å². The van der Waals surface area contributed by atoms with Gasteiger partial charge < -0.3 is 11.5 Å². The number of fused-ring (bicyclic) bond motifs is 1. The van der Waals surface area contributed by atoms with Gasteiger partial charge in [0.1, 0.15) is 0 Å². The zero-order valence-electron chi connectivity index (χ0n) is 14.3. The first-order chi connectivity index (χ1) is 11.7. The van der Waals surface area contributed by atoms with Crippen LogP contribution in [0.2, 0.25) is 5.02 Å². The third kappa shape index (κ3) is 3.49. The van der Waals surface area contributed by atoms with E-state index < -0.39 is 32.1 Å². The van der Waals surface area contributed by atoms with Crippen LogP contribution in [0.5, 0.6) is 0 Å². The molecule has 0 radical (unpaired) electrons. The van der Waals surface area contributed by atoms with E-state index in [-0.39, 0.29) is 56.4 Å². The monoisotopic (exact) mass is 404 g/mol. The number of hydrogen-bond donors (Lipinski definition) is 2. The number of carbonyl (C=O) groups is 1. The van der Waals surface area contributed by atoms with Gasteiger partial charge in [-0.3, -0.25) is 4.79 Å². The van der Waals surface area contributed by atoms with Crippen LogP contribution in [-0.2, 0) is 10.0 Å². The van der Waals surface area contributed by atoms with Crippen molar-refractivity contribution in [3.63, 3.8) is 0 Å². The van der Waals surface area contributed by atoms with Gasteiger partial charge in [0.2, 0.25) is 0 Å². The van der Waals surface area contributed by atoms with E-state index in [1.54, 1.807) is 0 Å². The van der Waals surface area contributed by atoms with Crippen LogP contribution in [0.1, 0.15) is 11.8 Å². The van der Waals surface area contributed by atoms with E-state index in [4.69, 9.17) is 16.7 Å². The number of nitrogens with one attached hydrogen (secondary N) is 1. The Morgan fingerprint density at radius 2 is 1.73 bits per heavy atom. The first-order valence-corrected chi connectivity index (χ1v) is 8.57. The maximum atomic E-state index is 12.6. The number of carboxylic acid groups (broad SMARTS) is 1. The molecule has 1 aromatic heterocycles. The van der Waals surface area contributed by atoms with Gasteiger partial charge in [0.15, 0.2) is 0 Å². The molecule has 0 aliphatic heterocycles. The standard InChI is InChI=1S/C15H9ClN2O6S.Na.H/c16-9-3-6-11-12(7-9)17-15(22)18(13(11)19)25(23,24)10-4-1-8(2-5-10)14(20)21;;/h1-7H,(H,17,22)(H,20,21);;/q;+1;-1. The average molecular weight is 405 g/mol. The van der Waals surface area contributed by atoms with Gasteiger partial charge in [-0.2, -0.15) is 0 Å². The molecule has 11 heteroatoms. The Balaban J connectivity index is 0.00000182. The number of aromatic amines is 1. The first kappa shape index (κ1) is 20.4. The molecule has 3 rings (SSSR count). The van der Waals surface area contributed by atoms with Gasteiger partial charge in [-0.15, -0.1) is 3.97 Å². The summed E-state index contributed by atoms with van der Waals surface area (Å²) in [6.07, 6.45) is 0. The second-order valence-electron chi connectivity index (χ2n) is 5.02. The molecular weight excluding hydrogens is 395 g/mol. The largest absolute Gasteiger partial charge is 1.00 e. The Morgan fingerprint density at radius 1 is 1.12 bits per heavy atom. The van der Waals surface area contributed by atoms with E-state index in [1.807, 2.05) is 0 Å². The Labute approximate surface area is 174 Å². The van der Waals surface area contributed by atoms with Crippen molar-refractivity contribution in [2.45, 2.75) is 4.90 Å². The van der Waals surface area contributed by atoms with E-state index in [1.165, 1.54) is 18.2 Å². The SMILES string of the molecule is O=C(O)c1ccc(S(=O)(=O)n2c(=O)[nH]c3cc(Cl)ccc3c2=O)cc1.[H-].[Na+]. The van der Waals surface area contributed by atoms with Crippen molar-refractivity contribution in [2.24, 2.45) is 0 Å². The van der Waals surface area contributed by atoms with Crippen LogP contribution in [0.25, 0.3) is 10.9 Å². The summed E-state index contributed by atoms with van der Waals surface area (Å²) in [5.41, 5.74) is -2.21. The number of aromatic carboxylic acids is 1. The van der Waals surface area contributed by atoms with Crippen molar-refractivity contribution in [3.05, 3.63) is 73.9 Å². The van der Waals surface area contributed by atoms with E-state index in [0.29, 0.717) is 0 Å². The third-order valence-electron chi connectivity index (χ3n) is 3.46. The third-order valence-corrected chi connectivity index (χ3v) is 5.38. The summed E-state index contributed by atoms with van der Waals surface area (Å²) < 4.78 is 25.4. The summed E-state index contributed by atoms with van der Waals surface area (Å²) in [6.45, 7) is 0. The van der Waals surface area contributed by atoms with Gasteiger partial charge >= 0.3 is 41.2 Å². The number of nitrogens with zero attached hydrogens (tertiary/aromatic N) is 1. The predicted molar refractivity (Wildman–Crippen MR) is 90.9 cm³/mol. The van der Waals surface area contributed by atoms with E-state index in [9.17, 15) is 22.8 Å². The van der Waals surface area contributed by atoms with Crippen molar-refractivity contribution in [1.82, 2.24) is 8.96 Å². The summed E-state index contributed by atoms with van der Waals surface area (Å²) >= 11 is 5.79. The zero-order chi connectivity index (χ0) is 18.4. The van der Waals surface area contributed by atoms with Crippen LogP contribution in [0.3, 0.4) is 0 Å². The quantitative estimate of drug-likeness (QED) is 0.506. The van der Waals surface area contributed by atoms with E-state index in [0.717, 1.165) is 24.3 Å². The molecule has 0 spiro atoms. The zero-order valence-corrected chi connectivity index (χ0v) is 16.8. The molecule has 2 N–H and O–H groups in total. The fraction of sp³-hybridized carbons (Fsp3) is 0. The maximum absolute atomic E-state index is 12.6. The minimum absolute atomic E-state index is 0. The number of halogens is 1. The smallest absolute Gasteiger partial charge is 1.00 e. The molecule has 0 unspecified atom stereocenters. The summed E-state index contributed by atoms with van der Waals surface area (Å²) in [7, 11) is -4.51. The second-order valence-corrected chi connectivity index (χ2v) is 7.25. The Bertz CT molecular complexity index is 1240. The van der Waals surface area contributed by atoms with E-state index >= 15 is 0 Å². The number of aromatic nitrogens is 2. The minimum Gasteiger partial charge on any atom is -1.00 e.